The van der Waals surface area contributed by atoms with E-state index in [-0.39, 0.29) is 0 Å². The van der Waals surface area contributed by atoms with Gasteiger partial charge < -0.3 is 4.98 Å². The van der Waals surface area contributed by atoms with Gasteiger partial charge in [0, 0.05) is 17.1 Å². The smallest absolute Gasteiger partial charge is 0.111 e. The van der Waals surface area contributed by atoms with E-state index in [1.807, 2.05) is 30.3 Å². The quantitative estimate of drug-likeness (QED) is 0.744. The third-order valence-electron chi connectivity index (χ3n) is 2.97. The van der Waals surface area contributed by atoms with E-state index in [0.29, 0.717) is 0 Å². The van der Waals surface area contributed by atoms with E-state index in [0.717, 1.165) is 28.7 Å². The molecule has 19 heavy (non-hydrogen) atoms. The monoisotopic (exact) mass is 288 g/mol. The Labute approximate surface area is 121 Å². The van der Waals surface area contributed by atoms with Gasteiger partial charge in [-0.15, -0.1) is 11.3 Å². The van der Waals surface area contributed by atoms with E-state index in [2.05, 4.69) is 23.4 Å². The topological polar surface area (TPSA) is 28.7 Å². The van der Waals surface area contributed by atoms with Crippen molar-refractivity contribution < 1.29 is 0 Å². The van der Waals surface area contributed by atoms with Crippen molar-refractivity contribution >= 4 is 22.9 Å². The van der Waals surface area contributed by atoms with Crippen molar-refractivity contribution in [3.63, 3.8) is 0 Å². The molecule has 0 unspecified atom stereocenters. The van der Waals surface area contributed by atoms with Crippen molar-refractivity contribution in [1.29, 1.82) is 0 Å². The molecule has 1 aromatic carbocycles. The summed E-state index contributed by atoms with van der Waals surface area (Å²) in [6.45, 7) is 2.06. The molecule has 96 valence electrons. The molecule has 0 saturated heterocycles. The van der Waals surface area contributed by atoms with E-state index in [1.54, 1.807) is 11.3 Å². The number of halogens is 1. The van der Waals surface area contributed by atoms with E-state index < -0.39 is 0 Å². The maximum Gasteiger partial charge on any atom is 0.111 e. The van der Waals surface area contributed by atoms with Crippen molar-refractivity contribution in [3.8, 4) is 10.6 Å². The standard InChI is InChI=1S/C15H13ClN2S/c1-10-15(13-3-2-8-19-13)18-14(17-10)9-11-4-6-12(16)7-5-11/h2-8H,9H2,1H3,(H,17,18). The zero-order valence-corrected chi connectivity index (χ0v) is 12.1. The fraction of sp³-hybridized carbons (Fsp3) is 0.133. The molecule has 2 aromatic heterocycles. The lowest BCUT2D eigenvalue weighted by atomic mass is 10.1. The fourth-order valence-electron chi connectivity index (χ4n) is 2.05. The van der Waals surface area contributed by atoms with Gasteiger partial charge in [0.25, 0.3) is 0 Å². The molecule has 2 heterocycles. The zero-order chi connectivity index (χ0) is 13.2. The number of nitrogens with zero attached hydrogens (tertiary/aromatic N) is 1. The molecule has 3 aromatic rings. The normalized spacial score (nSPS) is 10.8. The lowest BCUT2D eigenvalue weighted by molar-refractivity contribution is 1.02. The van der Waals surface area contributed by atoms with Crippen LogP contribution in [0, 0.1) is 6.92 Å². The minimum Gasteiger partial charge on any atom is -0.345 e. The Balaban J connectivity index is 1.87. The van der Waals surface area contributed by atoms with E-state index >= 15 is 0 Å². The Hall–Kier alpha value is -1.58. The van der Waals surface area contributed by atoms with Crippen LogP contribution < -0.4 is 0 Å². The molecule has 0 amide bonds. The van der Waals surface area contributed by atoms with Crippen LogP contribution in [0.1, 0.15) is 17.1 Å². The number of aromatic amines is 1. The number of aryl methyl sites for hydroxylation is 1. The van der Waals surface area contributed by atoms with Crippen LogP contribution in [0.4, 0.5) is 0 Å². The largest absolute Gasteiger partial charge is 0.345 e. The maximum absolute atomic E-state index is 5.89. The first kappa shape index (κ1) is 12.5. The number of hydrogen-bond acceptors (Lipinski definition) is 2. The third-order valence-corrected chi connectivity index (χ3v) is 4.10. The van der Waals surface area contributed by atoms with Crippen LogP contribution in [0.15, 0.2) is 41.8 Å². The first-order chi connectivity index (χ1) is 9.22. The van der Waals surface area contributed by atoms with Gasteiger partial charge in [-0.05, 0) is 36.1 Å². The Morgan fingerprint density at radius 2 is 2.00 bits per heavy atom. The molecular formula is C15H13ClN2S. The summed E-state index contributed by atoms with van der Waals surface area (Å²) in [4.78, 5) is 9.26. The highest BCUT2D eigenvalue weighted by Crippen LogP contribution is 2.26. The maximum atomic E-state index is 5.89. The summed E-state index contributed by atoms with van der Waals surface area (Å²) in [6.07, 6.45) is 0.795. The zero-order valence-electron chi connectivity index (χ0n) is 10.5. The number of aromatic nitrogens is 2. The first-order valence-corrected chi connectivity index (χ1v) is 7.32. The summed E-state index contributed by atoms with van der Waals surface area (Å²) in [7, 11) is 0. The van der Waals surface area contributed by atoms with Crippen LogP contribution >= 0.6 is 22.9 Å². The number of imidazole rings is 1. The number of thiophene rings is 1. The molecule has 4 heteroatoms. The lowest BCUT2D eigenvalue weighted by Crippen LogP contribution is -1.90. The fourth-order valence-corrected chi connectivity index (χ4v) is 2.95. The predicted molar refractivity (Wildman–Crippen MR) is 80.9 cm³/mol. The Morgan fingerprint density at radius 1 is 1.21 bits per heavy atom. The number of rotatable bonds is 3. The Bertz CT molecular complexity index is 669. The predicted octanol–water partition coefficient (Wildman–Crippen LogP) is 4.69. The molecule has 0 spiro atoms. The molecule has 0 aliphatic rings. The second-order valence-electron chi connectivity index (χ2n) is 4.44. The van der Waals surface area contributed by atoms with Gasteiger partial charge in [0.1, 0.15) is 11.5 Å². The molecule has 2 nitrogen and oxygen atoms in total. The molecule has 0 bridgehead atoms. The van der Waals surface area contributed by atoms with Crippen molar-refractivity contribution in [1.82, 2.24) is 9.97 Å². The summed E-state index contributed by atoms with van der Waals surface area (Å²) < 4.78 is 0. The van der Waals surface area contributed by atoms with Crippen molar-refractivity contribution in [2.24, 2.45) is 0 Å². The van der Waals surface area contributed by atoms with Crippen LogP contribution in [0.3, 0.4) is 0 Å². The van der Waals surface area contributed by atoms with Crippen LogP contribution in [-0.2, 0) is 6.42 Å². The van der Waals surface area contributed by atoms with Crippen molar-refractivity contribution in [3.05, 3.63) is 63.9 Å². The molecule has 1 N–H and O–H groups in total. The average molecular weight is 289 g/mol. The van der Waals surface area contributed by atoms with E-state index in [1.165, 1.54) is 10.4 Å². The van der Waals surface area contributed by atoms with Gasteiger partial charge in [-0.3, -0.25) is 0 Å². The summed E-state index contributed by atoms with van der Waals surface area (Å²) in [6, 6.07) is 12.0. The van der Waals surface area contributed by atoms with Gasteiger partial charge in [-0.1, -0.05) is 29.8 Å². The number of hydrogen-bond donors (Lipinski definition) is 1. The summed E-state index contributed by atoms with van der Waals surface area (Å²) >= 11 is 7.60. The van der Waals surface area contributed by atoms with Crippen LogP contribution in [-0.4, -0.2) is 9.97 Å². The Morgan fingerprint density at radius 3 is 2.68 bits per heavy atom. The highest BCUT2D eigenvalue weighted by Gasteiger charge is 2.10. The SMILES string of the molecule is Cc1[nH]c(Cc2ccc(Cl)cc2)nc1-c1cccs1. The molecule has 0 aliphatic carbocycles. The number of benzene rings is 1. The van der Waals surface area contributed by atoms with Crippen molar-refractivity contribution in [2.75, 3.05) is 0 Å². The van der Waals surface area contributed by atoms with E-state index in [9.17, 15) is 0 Å². The molecule has 0 radical (unpaired) electrons. The highest BCUT2D eigenvalue weighted by molar-refractivity contribution is 7.13. The Kier molecular flexibility index (Phi) is 3.40. The molecule has 0 fully saturated rings. The minimum absolute atomic E-state index is 0.763. The third kappa shape index (κ3) is 2.72. The van der Waals surface area contributed by atoms with Gasteiger partial charge in [0.15, 0.2) is 0 Å². The molecule has 0 saturated carbocycles. The van der Waals surface area contributed by atoms with Gasteiger partial charge >= 0.3 is 0 Å². The first-order valence-electron chi connectivity index (χ1n) is 6.06. The average Bonchev–Trinajstić information content (AvgIpc) is 3.01. The van der Waals surface area contributed by atoms with Crippen LogP contribution in [0.5, 0.6) is 0 Å². The second-order valence-corrected chi connectivity index (χ2v) is 5.82. The molecule has 0 aliphatic heterocycles. The van der Waals surface area contributed by atoms with Gasteiger partial charge in [0.05, 0.1) is 4.88 Å². The van der Waals surface area contributed by atoms with Gasteiger partial charge in [-0.2, -0.15) is 0 Å². The second kappa shape index (κ2) is 5.19. The number of nitrogens with one attached hydrogen (secondary N) is 1. The molecular weight excluding hydrogens is 276 g/mol. The molecule has 3 rings (SSSR count). The highest BCUT2D eigenvalue weighted by atomic mass is 35.5. The van der Waals surface area contributed by atoms with Gasteiger partial charge in [0.2, 0.25) is 0 Å². The van der Waals surface area contributed by atoms with Crippen molar-refractivity contribution in [2.45, 2.75) is 13.3 Å². The summed E-state index contributed by atoms with van der Waals surface area (Å²) in [5, 5.41) is 2.83. The summed E-state index contributed by atoms with van der Waals surface area (Å²) in [5.41, 5.74) is 3.38. The van der Waals surface area contributed by atoms with E-state index in [4.69, 9.17) is 16.6 Å². The van der Waals surface area contributed by atoms with Crippen LogP contribution in [0.25, 0.3) is 10.6 Å². The molecule has 0 atom stereocenters. The lowest BCUT2D eigenvalue weighted by Gasteiger charge is -1.98. The van der Waals surface area contributed by atoms with Gasteiger partial charge in [-0.25, -0.2) is 4.98 Å². The summed E-state index contributed by atoms with van der Waals surface area (Å²) in [5.74, 6) is 0.989. The van der Waals surface area contributed by atoms with Crippen LogP contribution in [0.2, 0.25) is 5.02 Å². The number of H-pyrrole nitrogens is 1. The minimum atomic E-state index is 0.763.